The zero-order chi connectivity index (χ0) is 32.7. The number of hydrogen-bond acceptors (Lipinski definition) is 0. The molecule has 0 saturated heterocycles. The second kappa shape index (κ2) is 19.0. The zero-order valence-corrected chi connectivity index (χ0v) is 35.8. The first-order valence-corrected chi connectivity index (χ1v) is 18.2. The van der Waals surface area contributed by atoms with Gasteiger partial charge in [-0.25, -0.2) is 0 Å². The Bertz CT molecular complexity index is 1600. The Morgan fingerprint density at radius 2 is 0.848 bits per heavy atom. The Morgan fingerprint density at radius 1 is 0.543 bits per heavy atom. The summed E-state index contributed by atoms with van der Waals surface area (Å²) in [6, 6.07) is 26.2. The fourth-order valence-electron chi connectivity index (χ4n) is 5.33. The van der Waals surface area contributed by atoms with Crippen molar-refractivity contribution in [2.45, 2.75) is 82.1 Å². The van der Waals surface area contributed by atoms with E-state index in [1.807, 2.05) is 0 Å². The van der Waals surface area contributed by atoms with Crippen molar-refractivity contribution in [2.24, 2.45) is 10.8 Å². The molecule has 0 radical (unpaired) electrons. The van der Waals surface area contributed by atoms with Crippen molar-refractivity contribution in [3.05, 3.63) is 119 Å². The van der Waals surface area contributed by atoms with Crippen LogP contribution in [0.1, 0.15) is 93.2 Å². The first-order valence-electron chi connectivity index (χ1n) is 15.7. The van der Waals surface area contributed by atoms with Gasteiger partial charge in [-0.3, -0.25) is 0 Å². The number of allylic oxidation sites excluding steroid dienone is 8. The smallest absolute Gasteiger partial charge is 1.00 e. The number of fused-ring (bicyclic) bond motifs is 2. The van der Waals surface area contributed by atoms with E-state index in [0.717, 1.165) is 12.8 Å². The summed E-state index contributed by atoms with van der Waals surface area (Å²) in [7, 11) is 0. The van der Waals surface area contributed by atoms with Crippen LogP contribution < -0.4 is 24.8 Å². The van der Waals surface area contributed by atoms with Crippen molar-refractivity contribution in [2.75, 3.05) is 0 Å². The molecule has 0 aromatic heterocycles. The number of benzene rings is 2. The molecule has 4 heteroatoms. The molecule has 0 bridgehead atoms. The van der Waals surface area contributed by atoms with Crippen molar-refractivity contribution in [1.82, 2.24) is 0 Å². The summed E-state index contributed by atoms with van der Waals surface area (Å²) < 4.78 is 3.01. The van der Waals surface area contributed by atoms with E-state index < -0.39 is 0 Å². The van der Waals surface area contributed by atoms with Gasteiger partial charge in [0.05, 0.1) is 0 Å². The van der Waals surface area contributed by atoms with E-state index in [4.69, 9.17) is 0 Å². The SMILES string of the molecule is CC(C)(C)C1=CCC([c-]2ccc3ccccc32)=C1.CC(C)(C)C1=CCC([c-]2ccc3ccccc32)=C1.C[C](C)=[Zr].C[C](C)=[Zr].[Cl-].[Cl-]. The maximum atomic E-state index is 2.38. The van der Waals surface area contributed by atoms with Crippen LogP contribution in [-0.4, -0.2) is 6.41 Å². The van der Waals surface area contributed by atoms with Crippen molar-refractivity contribution < 1.29 is 73.3 Å². The van der Waals surface area contributed by atoms with E-state index in [9.17, 15) is 0 Å². The molecule has 0 amide bonds. The third-order valence-electron chi connectivity index (χ3n) is 7.53. The number of rotatable bonds is 2. The maximum absolute atomic E-state index is 2.38. The molecule has 4 aromatic carbocycles. The van der Waals surface area contributed by atoms with Crippen molar-refractivity contribution >= 4 is 39.1 Å². The van der Waals surface area contributed by atoms with Gasteiger partial charge in [-0.15, -0.1) is 81.2 Å². The van der Waals surface area contributed by atoms with Crippen LogP contribution in [0.4, 0.5) is 0 Å². The van der Waals surface area contributed by atoms with Crippen molar-refractivity contribution in [3.63, 3.8) is 0 Å². The van der Waals surface area contributed by atoms with Crippen LogP contribution in [0.3, 0.4) is 0 Å². The second-order valence-corrected chi connectivity index (χ2v) is 19.2. The summed E-state index contributed by atoms with van der Waals surface area (Å²) in [6.07, 6.45) is 11.6. The van der Waals surface area contributed by atoms with Gasteiger partial charge in [0.2, 0.25) is 0 Å². The van der Waals surface area contributed by atoms with Crippen LogP contribution in [0.5, 0.6) is 0 Å². The molecule has 0 atom stereocenters. The van der Waals surface area contributed by atoms with E-state index in [2.05, 4.69) is 166 Å². The standard InChI is InChI=1S/2C18H19.2C3H6.2ClH.2Zr/c2*1-18(2,3)15-10-8-14(12-15)17-11-9-13-6-4-5-7-16(13)17;2*1-3-2;;;;/h2*4-7,9-12H,8H2,1-3H3;2*1-2H3;2*1H;;/q2*-1;;;;;;/p-2. The van der Waals surface area contributed by atoms with Crippen LogP contribution in [-0.2, 0) is 48.5 Å². The van der Waals surface area contributed by atoms with Gasteiger partial charge in [0, 0.05) is 0 Å². The maximum Gasteiger partial charge on any atom is -1.00 e. The average Bonchev–Trinajstić information content (AvgIpc) is 3.72. The fourth-order valence-corrected chi connectivity index (χ4v) is 5.33. The molecule has 0 fully saturated rings. The van der Waals surface area contributed by atoms with Gasteiger partial charge >= 0.3 is 82.6 Å². The van der Waals surface area contributed by atoms with Crippen LogP contribution in [0.2, 0.25) is 0 Å². The quantitative estimate of drug-likeness (QED) is 0.214. The zero-order valence-electron chi connectivity index (χ0n) is 29.4. The summed E-state index contributed by atoms with van der Waals surface area (Å²) in [5.41, 5.74) is 9.16. The largest absolute Gasteiger partial charge is 1.00 e. The summed E-state index contributed by atoms with van der Waals surface area (Å²) in [6.45, 7) is 22.2. The molecule has 6 rings (SSSR count). The first-order chi connectivity index (χ1) is 20.6. The monoisotopic (exact) mass is 804 g/mol. The van der Waals surface area contributed by atoms with Gasteiger partial charge in [0.25, 0.3) is 0 Å². The molecule has 0 N–H and O–H groups in total. The van der Waals surface area contributed by atoms with E-state index >= 15 is 0 Å². The van der Waals surface area contributed by atoms with Crippen molar-refractivity contribution in [1.29, 1.82) is 0 Å². The molecule has 4 aromatic rings. The average molecular weight is 808 g/mol. The van der Waals surface area contributed by atoms with Crippen LogP contribution in [0, 0.1) is 10.8 Å². The predicted octanol–water partition coefficient (Wildman–Crippen LogP) is 6.14. The molecular formula is C42H50Cl2Zr2-4. The summed E-state index contributed by atoms with van der Waals surface area (Å²) in [5.74, 6) is 0. The van der Waals surface area contributed by atoms with E-state index in [1.54, 1.807) is 48.5 Å². The first kappa shape index (κ1) is 42.7. The van der Waals surface area contributed by atoms with E-state index in [-0.39, 0.29) is 35.6 Å². The van der Waals surface area contributed by atoms with Gasteiger partial charge < -0.3 is 24.8 Å². The van der Waals surface area contributed by atoms with Gasteiger partial charge in [0.1, 0.15) is 0 Å². The van der Waals surface area contributed by atoms with Gasteiger partial charge in [-0.2, -0.15) is 0 Å². The minimum atomic E-state index is 0. The Kier molecular flexibility index (Phi) is 17.7. The molecular weight excluding hydrogens is 758 g/mol. The Hall–Kier alpha value is -1.29. The predicted molar refractivity (Wildman–Crippen MR) is 192 cm³/mol. The van der Waals surface area contributed by atoms with Crippen LogP contribution in [0.25, 0.3) is 32.7 Å². The molecule has 244 valence electrons. The molecule has 0 nitrogen and oxygen atoms in total. The Labute approximate surface area is 321 Å². The topological polar surface area (TPSA) is 0 Å². The van der Waals surface area contributed by atoms with Gasteiger partial charge in [-0.1, -0.05) is 112 Å². The number of hydrogen-bond donors (Lipinski definition) is 0. The normalized spacial score (nSPS) is 13.6. The van der Waals surface area contributed by atoms with Crippen LogP contribution in [0.15, 0.2) is 108 Å². The second-order valence-electron chi connectivity index (χ2n) is 14.2. The molecule has 2 aliphatic rings. The summed E-state index contributed by atoms with van der Waals surface area (Å²) in [4.78, 5) is 0. The minimum Gasteiger partial charge on any atom is -1.00 e. The Morgan fingerprint density at radius 3 is 1.13 bits per heavy atom. The summed E-state index contributed by atoms with van der Waals surface area (Å²) >= 11 is 3.11. The van der Waals surface area contributed by atoms with Gasteiger partial charge in [0.15, 0.2) is 0 Å². The third kappa shape index (κ3) is 12.6. The fraction of sp³-hybridized carbons (Fsp3) is 0.333. The number of halogens is 2. The minimum absolute atomic E-state index is 0. The van der Waals surface area contributed by atoms with Crippen molar-refractivity contribution in [3.8, 4) is 0 Å². The third-order valence-corrected chi connectivity index (χ3v) is 7.53. The molecule has 0 unspecified atom stereocenters. The molecule has 0 saturated carbocycles. The van der Waals surface area contributed by atoms with Crippen LogP contribution >= 0.6 is 0 Å². The molecule has 0 aliphatic heterocycles. The molecule has 2 aliphatic carbocycles. The van der Waals surface area contributed by atoms with Gasteiger partial charge in [-0.05, 0) is 23.7 Å². The Balaban J connectivity index is 0.000000361. The van der Waals surface area contributed by atoms with E-state index in [1.165, 1.54) is 61.4 Å². The summed E-state index contributed by atoms with van der Waals surface area (Å²) in [5, 5.41) is 5.45. The molecule has 46 heavy (non-hydrogen) atoms. The molecule has 0 spiro atoms. The van der Waals surface area contributed by atoms with E-state index in [0.29, 0.717) is 0 Å². The molecule has 0 heterocycles.